The zero-order valence-electron chi connectivity index (χ0n) is 12.3. The Morgan fingerprint density at radius 2 is 1.84 bits per heavy atom. The van der Waals surface area contributed by atoms with E-state index in [0.29, 0.717) is 6.61 Å². The molecule has 0 aliphatic heterocycles. The maximum absolute atomic E-state index is 6.02. The van der Waals surface area contributed by atoms with Crippen molar-refractivity contribution in [2.45, 2.75) is 26.1 Å². The van der Waals surface area contributed by atoms with Crippen molar-refractivity contribution in [3.8, 4) is 5.75 Å². The van der Waals surface area contributed by atoms with Crippen LogP contribution in [0.5, 0.6) is 5.75 Å². The average Bonchev–Trinajstić information content (AvgIpc) is 2.44. The summed E-state index contributed by atoms with van der Waals surface area (Å²) in [7, 11) is 3.36. The van der Waals surface area contributed by atoms with Gasteiger partial charge in [0, 0.05) is 13.7 Å². The van der Waals surface area contributed by atoms with Gasteiger partial charge in [0.2, 0.25) is 0 Å². The first-order valence-corrected chi connectivity index (χ1v) is 6.70. The van der Waals surface area contributed by atoms with Crippen LogP contribution in [0.15, 0.2) is 24.3 Å². The predicted octanol–water partition coefficient (Wildman–Crippen LogP) is 2.40. The first-order chi connectivity index (χ1) is 9.21. The lowest BCUT2D eigenvalue weighted by Crippen LogP contribution is -2.27. The Morgan fingerprint density at radius 1 is 1.16 bits per heavy atom. The van der Waals surface area contributed by atoms with Crippen molar-refractivity contribution >= 4 is 0 Å². The molecule has 0 spiro atoms. The van der Waals surface area contributed by atoms with Crippen LogP contribution in [0.4, 0.5) is 0 Å². The number of methoxy groups -OCH3 is 2. The van der Waals surface area contributed by atoms with E-state index >= 15 is 0 Å². The van der Waals surface area contributed by atoms with E-state index in [2.05, 4.69) is 12.2 Å². The molecule has 0 saturated carbocycles. The summed E-state index contributed by atoms with van der Waals surface area (Å²) in [6.07, 6.45) is 0.0896. The van der Waals surface area contributed by atoms with Gasteiger partial charge in [-0.2, -0.15) is 0 Å². The summed E-state index contributed by atoms with van der Waals surface area (Å²) in [5, 5.41) is 3.33. The second-order valence-corrected chi connectivity index (χ2v) is 4.47. The largest absolute Gasteiger partial charge is 0.497 e. The highest BCUT2D eigenvalue weighted by molar-refractivity contribution is 5.28. The van der Waals surface area contributed by atoms with Crippen LogP contribution < -0.4 is 10.1 Å². The number of nitrogens with one attached hydrogen (secondary N) is 1. The Bertz CT molecular complexity index is 340. The van der Waals surface area contributed by atoms with E-state index < -0.39 is 0 Å². The molecular formula is C15H25NO3. The summed E-state index contributed by atoms with van der Waals surface area (Å²) < 4.78 is 16.3. The summed E-state index contributed by atoms with van der Waals surface area (Å²) in [4.78, 5) is 0. The van der Waals surface area contributed by atoms with Gasteiger partial charge in [0.15, 0.2) is 0 Å². The van der Waals surface area contributed by atoms with Crippen molar-refractivity contribution in [3.05, 3.63) is 29.8 Å². The number of hydrogen-bond acceptors (Lipinski definition) is 4. The molecule has 4 nitrogen and oxygen atoms in total. The predicted molar refractivity (Wildman–Crippen MR) is 76.7 cm³/mol. The summed E-state index contributed by atoms with van der Waals surface area (Å²) in [5.74, 6) is 0.857. The lowest BCUT2D eigenvalue weighted by atomic mass is 10.1. The highest BCUT2D eigenvalue weighted by atomic mass is 16.5. The van der Waals surface area contributed by atoms with Crippen LogP contribution in [-0.2, 0) is 9.47 Å². The van der Waals surface area contributed by atoms with Gasteiger partial charge in [-0.05, 0) is 31.2 Å². The molecule has 0 bridgehead atoms. The van der Waals surface area contributed by atoms with Gasteiger partial charge in [0.25, 0.3) is 0 Å². The molecule has 1 rings (SSSR count). The van der Waals surface area contributed by atoms with E-state index in [-0.39, 0.29) is 12.2 Å². The number of rotatable bonds is 9. The molecule has 2 unspecified atom stereocenters. The third-order valence-corrected chi connectivity index (χ3v) is 2.87. The first-order valence-electron chi connectivity index (χ1n) is 6.70. The van der Waals surface area contributed by atoms with Crippen LogP contribution in [-0.4, -0.2) is 40.0 Å². The van der Waals surface area contributed by atoms with Gasteiger partial charge in [-0.1, -0.05) is 19.1 Å². The molecule has 0 fully saturated rings. The minimum absolute atomic E-state index is 0.0241. The fourth-order valence-corrected chi connectivity index (χ4v) is 1.89. The van der Waals surface area contributed by atoms with E-state index in [1.54, 1.807) is 14.2 Å². The Morgan fingerprint density at radius 3 is 2.37 bits per heavy atom. The topological polar surface area (TPSA) is 39.7 Å². The van der Waals surface area contributed by atoms with E-state index in [0.717, 1.165) is 24.4 Å². The second kappa shape index (κ2) is 8.91. The van der Waals surface area contributed by atoms with Gasteiger partial charge in [-0.25, -0.2) is 0 Å². The standard InChI is InChI=1S/C15H25NO3/c1-5-16-10-15(19-12(2)11-17-3)13-6-8-14(18-4)9-7-13/h6-9,12,15-16H,5,10-11H2,1-4H3. The molecule has 1 N–H and O–H groups in total. The summed E-state index contributed by atoms with van der Waals surface area (Å²) in [6.45, 7) is 6.42. The molecule has 1 aromatic rings. The van der Waals surface area contributed by atoms with Crippen molar-refractivity contribution < 1.29 is 14.2 Å². The lowest BCUT2D eigenvalue weighted by Gasteiger charge is -2.23. The lowest BCUT2D eigenvalue weighted by molar-refractivity contribution is -0.0392. The summed E-state index contributed by atoms with van der Waals surface area (Å²) in [6, 6.07) is 8.00. The number of benzene rings is 1. The number of ether oxygens (including phenoxy) is 3. The highest BCUT2D eigenvalue weighted by Crippen LogP contribution is 2.21. The fourth-order valence-electron chi connectivity index (χ4n) is 1.89. The molecule has 4 heteroatoms. The molecule has 0 aliphatic rings. The molecule has 0 heterocycles. The Labute approximate surface area is 116 Å². The molecule has 0 saturated heterocycles. The second-order valence-electron chi connectivity index (χ2n) is 4.47. The number of likely N-dealkylation sites (N-methyl/N-ethyl adjacent to an activating group) is 1. The Kier molecular flexibility index (Phi) is 7.48. The maximum Gasteiger partial charge on any atom is 0.118 e. The van der Waals surface area contributed by atoms with Gasteiger partial charge >= 0.3 is 0 Å². The van der Waals surface area contributed by atoms with Crippen molar-refractivity contribution in [2.75, 3.05) is 33.9 Å². The smallest absolute Gasteiger partial charge is 0.118 e. The van der Waals surface area contributed by atoms with Gasteiger partial charge in [0.1, 0.15) is 5.75 Å². The minimum Gasteiger partial charge on any atom is -0.497 e. The maximum atomic E-state index is 6.02. The van der Waals surface area contributed by atoms with Crippen molar-refractivity contribution in [1.29, 1.82) is 0 Å². The highest BCUT2D eigenvalue weighted by Gasteiger charge is 2.15. The Balaban J connectivity index is 2.70. The van der Waals surface area contributed by atoms with Crippen LogP contribution in [0.1, 0.15) is 25.5 Å². The zero-order valence-corrected chi connectivity index (χ0v) is 12.3. The minimum atomic E-state index is 0.0241. The molecular weight excluding hydrogens is 242 g/mol. The molecule has 0 radical (unpaired) electrons. The molecule has 19 heavy (non-hydrogen) atoms. The molecule has 108 valence electrons. The molecule has 2 atom stereocenters. The van der Waals surface area contributed by atoms with Crippen LogP contribution in [0.3, 0.4) is 0 Å². The third-order valence-electron chi connectivity index (χ3n) is 2.87. The van der Waals surface area contributed by atoms with Gasteiger partial charge in [-0.15, -0.1) is 0 Å². The van der Waals surface area contributed by atoms with Crippen LogP contribution in [0.25, 0.3) is 0 Å². The molecule has 1 aromatic carbocycles. The molecule has 0 amide bonds. The van der Waals surface area contributed by atoms with Crippen molar-refractivity contribution in [3.63, 3.8) is 0 Å². The van der Waals surface area contributed by atoms with Crippen LogP contribution >= 0.6 is 0 Å². The molecule has 0 aliphatic carbocycles. The van der Waals surface area contributed by atoms with Crippen molar-refractivity contribution in [1.82, 2.24) is 5.32 Å². The molecule has 0 aromatic heterocycles. The zero-order chi connectivity index (χ0) is 14.1. The summed E-state index contributed by atoms with van der Waals surface area (Å²) >= 11 is 0. The van der Waals surface area contributed by atoms with Crippen LogP contribution in [0.2, 0.25) is 0 Å². The quantitative estimate of drug-likeness (QED) is 0.746. The average molecular weight is 267 g/mol. The Hall–Kier alpha value is -1.10. The van der Waals surface area contributed by atoms with E-state index in [9.17, 15) is 0 Å². The van der Waals surface area contributed by atoms with Gasteiger partial charge in [-0.3, -0.25) is 0 Å². The number of hydrogen-bond donors (Lipinski definition) is 1. The van der Waals surface area contributed by atoms with Crippen molar-refractivity contribution in [2.24, 2.45) is 0 Å². The van der Waals surface area contributed by atoms with E-state index in [1.807, 2.05) is 31.2 Å². The monoisotopic (exact) mass is 267 g/mol. The van der Waals surface area contributed by atoms with E-state index in [4.69, 9.17) is 14.2 Å². The summed E-state index contributed by atoms with van der Waals surface area (Å²) in [5.41, 5.74) is 1.14. The van der Waals surface area contributed by atoms with Gasteiger partial charge < -0.3 is 19.5 Å². The normalized spacial score (nSPS) is 14.1. The van der Waals surface area contributed by atoms with E-state index in [1.165, 1.54) is 0 Å². The SMILES string of the molecule is CCNCC(OC(C)COC)c1ccc(OC)cc1. The third kappa shape index (κ3) is 5.59. The van der Waals surface area contributed by atoms with Gasteiger partial charge in [0.05, 0.1) is 25.9 Å². The fraction of sp³-hybridized carbons (Fsp3) is 0.600. The first kappa shape index (κ1) is 16.0. The van der Waals surface area contributed by atoms with Crippen LogP contribution in [0, 0.1) is 0 Å².